The highest BCUT2D eigenvalue weighted by Gasteiger charge is 2.25. The highest BCUT2D eigenvalue weighted by Crippen LogP contribution is 2.46. The van der Waals surface area contributed by atoms with E-state index in [4.69, 9.17) is 14.4 Å². The molecule has 0 aliphatic heterocycles. The van der Waals surface area contributed by atoms with Gasteiger partial charge in [0.1, 0.15) is 11.2 Å². The summed E-state index contributed by atoms with van der Waals surface area (Å²) >= 11 is 0. The molecule has 0 saturated heterocycles. The molecule has 0 fully saturated rings. The van der Waals surface area contributed by atoms with E-state index in [0.29, 0.717) is 5.95 Å². The van der Waals surface area contributed by atoms with E-state index < -0.39 is 0 Å². The van der Waals surface area contributed by atoms with Gasteiger partial charge in [0.05, 0.1) is 33.3 Å². The summed E-state index contributed by atoms with van der Waals surface area (Å²) in [5, 5.41) is 7.76. The van der Waals surface area contributed by atoms with Crippen molar-refractivity contribution in [3.05, 3.63) is 182 Å². The summed E-state index contributed by atoms with van der Waals surface area (Å²) in [7, 11) is 0. The highest BCUT2D eigenvalue weighted by atomic mass is 16.3. The van der Waals surface area contributed by atoms with E-state index in [1.54, 1.807) is 0 Å². The monoisotopic (exact) mass is 702 g/mol. The zero-order valence-electron chi connectivity index (χ0n) is 29.5. The molecule has 4 aromatic heterocycles. The maximum absolute atomic E-state index is 6.48. The largest absolute Gasteiger partial charge is 0.456 e. The van der Waals surface area contributed by atoms with Crippen LogP contribution >= 0.6 is 0 Å². The van der Waals surface area contributed by atoms with Crippen molar-refractivity contribution < 1.29 is 4.42 Å². The first-order valence-corrected chi connectivity index (χ1v) is 18.6. The van der Waals surface area contributed by atoms with E-state index in [2.05, 4.69) is 173 Å². The zero-order chi connectivity index (χ0) is 36.0. The molecule has 0 aliphatic carbocycles. The van der Waals surface area contributed by atoms with Crippen LogP contribution in [0.25, 0.3) is 110 Å². The van der Waals surface area contributed by atoms with Gasteiger partial charge in [-0.15, -0.1) is 0 Å². The second kappa shape index (κ2) is 11.5. The van der Waals surface area contributed by atoms with Gasteiger partial charge in [0.2, 0.25) is 5.95 Å². The van der Waals surface area contributed by atoms with E-state index in [-0.39, 0.29) is 0 Å². The Morgan fingerprint density at radius 3 is 1.91 bits per heavy atom. The van der Waals surface area contributed by atoms with Crippen LogP contribution in [-0.2, 0) is 0 Å². The SMILES string of the molecule is c1ccc(-c2cccc(-n3c4ccccc4c4c3ccc3c5c6c(ccc5n(-c5nc(-c7ccccc7)c7ccccc7n5)c34)oc3ccccc36)c2)cc1. The lowest BCUT2D eigenvalue weighted by Crippen LogP contribution is -2.03. The Hall–Kier alpha value is -7.50. The maximum atomic E-state index is 6.48. The van der Waals surface area contributed by atoms with Crippen molar-refractivity contribution in [3.8, 4) is 34.0 Å². The summed E-state index contributed by atoms with van der Waals surface area (Å²) in [4.78, 5) is 10.8. The number of hydrogen-bond acceptors (Lipinski definition) is 3. The lowest BCUT2D eigenvalue weighted by atomic mass is 10.0. The Kier molecular flexibility index (Phi) is 6.27. The van der Waals surface area contributed by atoms with Gasteiger partial charge >= 0.3 is 0 Å². The van der Waals surface area contributed by atoms with Crippen molar-refractivity contribution in [1.82, 2.24) is 19.1 Å². The van der Waals surface area contributed by atoms with Gasteiger partial charge < -0.3 is 8.98 Å². The van der Waals surface area contributed by atoms with Crippen LogP contribution < -0.4 is 0 Å². The van der Waals surface area contributed by atoms with Crippen molar-refractivity contribution in [2.45, 2.75) is 0 Å². The molecule has 55 heavy (non-hydrogen) atoms. The lowest BCUT2D eigenvalue weighted by Gasteiger charge is -2.12. The predicted octanol–water partition coefficient (Wildman–Crippen LogP) is 13.1. The van der Waals surface area contributed by atoms with Crippen LogP contribution in [0.15, 0.2) is 186 Å². The van der Waals surface area contributed by atoms with Crippen LogP contribution in [0.3, 0.4) is 0 Å². The molecular formula is C50H30N4O. The summed E-state index contributed by atoms with van der Waals surface area (Å²) in [6, 6.07) is 64.1. The molecule has 0 radical (unpaired) electrons. The van der Waals surface area contributed by atoms with Crippen LogP contribution in [0.4, 0.5) is 0 Å². The third-order valence-electron chi connectivity index (χ3n) is 11.1. The first-order chi connectivity index (χ1) is 27.3. The molecule has 5 heteroatoms. The maximum Gasteiger partial charge on any atom is 0.235 e. The van der Waals surface area contributed by atoms with Crippen LogP contribution in [0.2, 0.25) is 0 Å². The molecule has 12 aromatic rings. The van der Waals surface area contributed by atoms with E-state index in [1.807, 2.05) is 18.2 Å². The Morgan fingerprint density at radius 1 is 0.382 bits per heavy atom. The molecule has 0 N–H and O–H groups in total. The number of rotatable bonds is 4. The average molecular weight is 703 g/mol. The molecule has 0 amide bonds. The summed E-state index contributed by atoms with van der Waals surface area (Å²) in [5.41, 5.74) is 12.4. The second-order valence-corrected chi connectivity index (χ2v) is 14.1. The summed E-state index contributed by atoms with van der Waals surface area (Å²) in [6.07, 6.45) is 0. The third kappa shape index (κ3) is 4.35. The minimum atomic E-state index is 0.625. The van der Waals surface area contributed by atoms with E-state index >= 15 is 0 Å². The summed E-state index contributed by atoms with van der Waals surface area (Å²) in [6.45, 7) is 0. The number of hydrogen-bond donors (Lipinski definition) is 0. The molecule has 12 rings (SSSR count). The van der Waals surface area contributed by atoms with E-state index in [1.165, 1.54) is 11.1 Å². The Bertz CT molecular complexity index is 3480. The smallest absolute Gasteiger partial charge is 0.235 e. The molecule has 5 nitrogen and oxygen atoms in total. The number of nitrogens with zero attached hydrogens (tertiary/aromatic N) is 4. The molecule has 0 saturated carbocycles. The topological polar surface area (TPSA) is 48.8 Å². The zero-order valence-corrected chi connectivity index (χ0v) is 29.5. The Morgan fingerprint density at radius 2 is 1.05 bits per heavy atom. The molecule has 256 valence electrons. The predicted molar refractivity (Wildman–Crippen MR) is 226 cm³/mol. The van der Waals surface area contributed by atoms with Gasteiger partial charge in [-0.3, -0.25) is 4.57 Å². The number of fused-ring (bicyclic) bond motifs is 12. The van der Waals surface area contributed by atoms with Crippen LogP contribution in [0.5, 0.6) is 0 Å². The van der Waals surface area contributed by atoms with Gasteiger partial charge in [-0.1, -0.05) is 133 Å². The minimum absolute atomic E-state index is 0.625. The Labute approximate surface area is 315 Å². The lowest BCUT2D eigenvalue weighted by molar-refractivity contribution is 0.669. The van der Waals surface area contributed by atoms with Crippen LogP contribution in [-0.4, -0.2) is 19.1 Å². The molecule has 0 atom stereocenters. The number of furan rings is 1. The fraction of sp³-hybridized carbons (Fsp3) is 0. The Balaban J connectivity index is 1.27. The van der Waals surface area contributed by atoms with Crippen molar-refractivity contribution in [1.29, 1.82) is 0 Å². The fourth-order valence-electron chi connectivity index (χ4n) is 8.78. The molecule has 0 unspecified atom stereocenters. The molecule has 0 spiro atoms. The standard InChI is InChI=1S/C50H30N4O/c1-3-14-31(15-4-1)33-18-13-19-34(30-33)53-40-24-11-8-21-36(40)46-42(53)27-26-38-45-41(28-29-44-47(45)37-22-9-12-25-43(37)55-44)54(49(38)46)50-51-39-23-10-7-20-35(39)48(52-50)32-16-5-2-6-17-32/h1-30H. The van der Waals surface area contributed by atoms with Crippen molar-refractivity contribution in [2.75, 3.05) is 0 Å². The number of benzene rings is 8. The first-order valence-electron chi connectivity index (χ1n) is 18.6. The normalized spacial score (nSPS) is 12.0. The van der Waals surface area contributed by atoms with Crippen molar-refractivity contribution >= 4 is 76.5 Å². The van der Waals surface area contributed by atoms with Gasteiger partial charge in [-0.05, 0) is 59.7 Å². The molecular weight excluding hydrogens is 673 g/mol. The summed E-state index contributed by atoms with van der Waals surface area (Å²) in [5.74, 6) is 0.625. The second-order valence-electron chi connectivity index (χ2n) is 14.1. The molecule has 0 bridgehead atoms. The molecule has 0 aliphatic rings. The average Bonchev–Trinajstić information content (AvgIpc) is 3.91. The number of aromatic nitrogens is 4. The minimum Gasteiger partial charge on any atom is -0.456 e. The number of para-hydroxylation sites is 3. The van der Waals surface area contributed by atoms with Crippen LogP contribution in [0.1, 0.15) is 0 Å². The van der Waals surface area contributed by atoms with Crippen molar-refractivity contribution in [3.63, 3.8) is 0 Å². The van der Waals surface area contributed by atoms with Gasteiger partial charge in [-0.25, -0.2) is 9.97 Å². The molecule has 4 heterocycles. The van der Waals surface area contributed by atoms with E-state index in [0.717, 1.165) is 93.4 Å². The van der Waals surface area contributed by atoms with Gasteiger partial charge in [0, 0.05) is 49.0 Å². The highest BCUT2D eigenvalue weighted by molar-refractivity contribution is 6.32. The molecule has 8 aromatic carbocycles. The van der Waals surface area contributed by atoms with Gasteiger partial charge in [-0.2, -0.15) is 0 Å². The third-order valence-corrected chi connectivity index (χ3v) is 11.1. The van der Waals surface area contributed by atoms with Crippen molar-refractivity contribution in [2.24, 2.45) is 0 Å². The van der Waals surface area contributed by atoms with Gasteiger partial charge in [0.15, 0.2) is 0 Å². The quantitative estimate of drug-likeness (QED) is 0.183. The van der Waals surface area contributed by atoms with Gasteiger partial charge in [0.25, 0.3) is 0 Å². The fourth-order valence-corrected chi connectivity index (χ4v) is 8.78. The van der Waals surface area contributed by atoms with Crippen LogP contribution in [0, 0.1) is 0 Å². The summed E-state index contributed by atoms with van der Waals surface area (Å²) < 4.78 is 11.2. The van der Waals surface area contributed by atoms with E-state index in [9.17, 15) is 0 Å². The first kappa shape index (κ1) is 30.0.